The first-order valence-electron chi connectivity index (χ1n) is 13.5. The fraction of sp³-hybridized carbons (Fsp3) is 0.0526. The lowest BCUT2D eigenvalue weighted by atomic mass is 9.86. The highest BCUT2D eigenvalue weighted by Crippen LogP contribution is 2.45. The van der Waals surface area contributed by atoms with Gasteiger partial charge in [-0.05, 0) is 99.8 Å². The Kier molecular flexibility index (Phi) is 7.64. The molecule has 0 aromatic heterocycles. The molecule has 0 heterocycles. The Labute approximate surface area is 247 Å². The monoisotopic (exact) mass is 550 g/mol. The van der Waals surface area contributed by atoms with Crippen molar-refractivity contribution in [3.05, 3.63) is 151 Å². The Balaban J connectivity index is 1.48. The maximum atomic E-state index is 4.75. The maximum Gasteiger partial charge on any atom is 0.0158 e. The Bertz CT molecular complexity index is 1770. The van der Waals surface area contributed by atoms with Crippen LogP contribution in [0.15, 0.2) is 154 Å². The van der Waals surface area contributed by atoms with E-state index >= 15 is 0 Å². The molecule has 0 nitrogen and oxygen atoms in total. The number of rotatable bonds is 6. The average Bonchev–Trinajstić information content (AvgIpc) is 3.00. The van der Waals surface area contributed by atoms with Gasteiger partial charge in [0.25, 0.3) is 0 Å². The highest BCUT2D eigenvalue weighted by atomic mass is 32.2. The minimum absolute atomic E-state index is 0.958. The summed E-state index contributed by atoms with van der Waals surface area (Å²) < 4.78 is 0. The van der Waals surface area contributed by atoms with Crippen LogP contribution >= 0.6 is 24.4 Å². The largest absolute Gasteiger partial charge is 0.143 e. The highest BCUT2D eigenvalue weighted by molar-refractivity contribution is 7.99. The summed E-state index contributed by atoms with van der Waals surface area (Å²) in [5.41, 5.74) is 12.4. The molecule has 0 atom stereocenters. The zero-order valence-corrected chi connectivity index (χ0v) is 24.3. The van der Waals surface area contributed by atoms with Crippen LogP contribution in [0, 0.1) is 13.8 Å². The lowest BCUT2D eigenvalue weighted by Crippen LogP contribution is -1.96. The van der Waals surface area contributed by atoms with Crippen molar-refractivity contribution < 1.29 is 0 Å². The molecule has 0 radical (unpaired) electrons. The van der Waals surface area contributed by atoms with Crippen molar-refractivity contribution in [3.8, 4) is 44.5 Å². The van der Waals surface area contributed by atoms with Gasteiger partial charge in [0.2, 0.25) is 0 Å². The molecule has 0 spiro atoms. The van der Waals surface area contributed by atoms with Crippen molar-refractivity contribution in [2.75, 3.05) is 0 Å². The van der Waals surface area contributed by atoms with E-state index in [1.807, 2.05) is 11.8 Å². The van der Waals surface area contributed by atoms with E-state index in [2.05, 4.69) is 153 Å². The van der Waals surface area contributed by atoms with Crippen molar-refractivity contribution >= 4 is 24.4 Å². The van der Waals surface area contributed by atoms with E-state index < -0.39 is 0 Å². The molecule has 0 aliphatic carbocycles. The van der Waals surface area contributed by atoms with Crippen LogP contribution in [0.3, 0.4) is 0 Å². The topological polar surface area (TPSA) is 0 Å². The average molecular weight is 551 g/mol. The van der Waals surface area contributed by atoms with Gasteiger partial charge in [-0.2, -0.15) is 0 Å². The lowest BCUT2D eigenvalue weighted by Gasteiger charge is -2.21. The van der Waals surface area contributed by atoms with Crippen LogP contribution in [0.1, 0.15) is 11.1 Å². The predicted octanol–water partition coefficient (Wildman–Crippen LogP) is 11.4. The van der Waals surface area contributed by atoms with E-state index in [1.165, 1.54) is 65.4 Å². The van der Waals surface area contributed by atoms with Crippen LogP contribution in [0.5, 0.6) is 0 Å². The molecule has 0 fully saturated rings. The summed E-state index contributed by atoms with van der Waals surface area (Å²) in [7, 11) is 0. The van der Waals surface area contributed by atoms with Crippen molar-refractivity contribution in [1.29, 1.82) is 0 Å². The quantitative estimate of drug-likeness (QED) is 0.201. The standard InChI is InChI=1S/C38H30S2/c1-26-11-9-10-16-33(26)38-27(2)37(40-32-20-17-29(18-21-32)28-12-5-3-6-13-28)24-23-35(38)36-25-31(39)19-22-34(36)30-14-7-4-8-15-30/h3-25,39H,1-2H3. The van der Waals surface area contributed by atoms with Crippen LogP contribution in [-0.2, 0) is 0 Å². The van der Waals surface area contributed by atoms with Gasteiger partial charge in [0.1, 0.15) is 0 Å². The Morgan fingerprint density at radius 3 is 1.77 bits per heavy atom. The van der Waals surface area contributed by atoms with E-state index in [0.29, 0.717) is 0 Å². The second-order valence-corrected chi connectivity index (χ2v) is 11.6. The number of aryl methyl sites for hydroxylation is 1. The summed E-state index contributed by atoms with van der Waals surface area (Å²) in [5.74, 6) is 0. The predicted molar refractivity (Wildman–Crippen MR) is 175 cm³/mol. The highest BCUT2D eigenvalue weighted by Gasteiger charge is 2.19. The molecular formula is C38H30S2. The van der Waals surface area contributed by atoms with Gasteiger partial charge >= 0.3 is 0 Å². The van der Waals surface area contributed by atoms with E-state index in [0.717, 1.165) is 4.90 Å². The van der Waals surface area contributed by atoms with Gasteiger partial charge in [0, 0.05) is 14.7 Å². The van der Waals surface area contributed by atoms with Gasteiger partial charge in [-0.15, -0.1) is 12.6 Å². The summed E-state index contributed by atoms with van der Waals surface area (Å²) in [4.78, 5) is 3.45. The molecular weight excluding hydrogens is 521 g/mol. The normalized spacial score (nSPS) is 11.0. The maximum absolute atomic E-state index is 4.75. The molecule has 0 N–H and O–H groups in total. The summed E-state index contributed by atoms with van der Waals surface area (Å²) in [5, 5.41) is 0. The second-order valence-electron chi connectivity index (χ2n) is 10.0. The van der Waals surface area contributed by atoms with Crippen molar-refractivity contribution in [3.63, 3.8) is 0 Å². The fourth-order valence-electron chi connectivity index (χ4n) is 5.33. The van der Waals surface area contributed by atoms with Gasteiger partial charge in [0.05, 0.1) is 0 Å². The molecule has 6 aromatic rings. The SMILES string of the molecule is Cc1ccccc1-c1c(-c2cc(S)ccc2-c2ccccc2)ccc(Sc2ccc(-c3ccccc3)cc2)c1C. The third-order valence-electron chi connectivity index (χ3n) is 7.40. The first kappa shape index (κ1) is 26.3. The smallest absolute Gasteiger partial charge is 0.0158 e. The second kappa shape index (κ2) is 11.6. The van der Waals surface area contributed by atoms with Crippen molar-refractivity contribution in [2.45, 2.75) is 28.5 Å². The van der Waals surface area contributed by atoms with Gasteiger partial charge in [-0.3, -0.25) is 0 Å². The van der Waals surface area contributed by atoms with E-state index in [9.17, 15) is 0 Å². The molecule has 6 aromatic carbocycles. The van der Waals surface area contributed by atoms with Gasteiger partial charge in [-0.25, -0.2) is 0 Å². The molecule has 0 bridgehead atoms. The fourth-order valence-corrected chi connectivity index (χ4v) is 6.45. The molecule has 0 amide bonds. The molecule has 0 aliphatic heterocycles. The molecule has 194 valence electrons. The van der Waals surface area contributed by atoms with Crippen molar-refractivity contribution in [1.82, 2.24) is 0 Å². The number of hydrogen-bond donors (Lipinski definition) is 1. The first-order chi connectivity index (χ1) is 19.6. The van der Waals surface area contributed by atoms with Crippen LogP contribution in [0.2, 0.25) is 0 Å². The molecule has 0 aliphatic rings. The molecule has 0 unspecified atom stereocenters. The van der Waals surface area contributed by atoms with Gasteiger partial charge < -0.3 is 0 Å². The van der Waals surface area contributed by atoms with E-state index in [1.54, 1.807) is 0 Å². The first-order valence-corrected chi connectivity index (χ1v) is 14.8. The summed E-state index contributed by atoms with van der Waals surface area (Å²) >= 11 is 6.57. The minimum Gasteiger partial charge on any atom is -0.143 e. The molecule has 6 rings (SSSR count). The van der Waals surface area contributed by atoms with Crippen molar-refractivity contribution in [2.24, 2.45) is 0 Å². The summed E-state index contributed by atoms with van der Waals surface area (Å²) in [6, 6.07) is 49.8. The molecule has 2 heteroatoms. The number of thiol groups is 1. The van der Waals surface area contributed by atoms with E-state index in [4.69, 9.17) is 12.6 Å². The molecule has 0 saturated carbocycles. The number of hydrogen-bond acceptors (Lipinski definition) is 2. The Morgan fingerprint density at radius 1 is 0.475 bits per heavy atom. The summed E-state index contributed by atoms with van der Waals surface area (Å²) in [6.45, 7) is 4.46. The van der Waals surface area contributed by atoms with Gasteiger partial charge in [0.15, 0.2) is 0 Å². The zero-order chi connectivity index (χ0) is 27.5. The Morgan fingerprint density at radius 2 is 1.07 bits per heavy atom. The number of benzene rings is 6. The van der Waals surface area contributed by atoms with E-state index in [-0.39, 0.29) is 0 Å². The van der Waals surface area contributed by atoms with Crippen LogP contribution < -0.4 is 0 Å². The summed E-state index contributed by atoms with van der Waals surface area (Å²) in [6.07, 6.45) is 0. The van der Waals surface area contributed by atoms with Crippen LogP contribution in [0.25, 0.3) is 44.5 Å². The van der Waals surface area contributed by atoms with Crippen LogP contribution in [-0.4, -0.2) is 0 Å². The molecule has 0 saturated heterocycles. The van der Waals surface area contributed by atoms with Gasteiger partial charge in [-0.1, -0.05) is 121 Å². The zero-order valence-electron chi connectivity index (χ0n) is 22.6. The molecule has 40 heavy (non-hydrogen) atoms. The lowest BCUT2D eigenvalue weighted by molar-refractivity contribution is 1.28. The third-order valence-corrected chi connectivity index (χ3v) is 8.85. The third kappa shape index (κ3) is 5.38. The Hall–Kier alpha value is -3.98. The minimum atomic E-state index is 0.958. The van der Waals surface area contributed by atoms with Crippen LogP contribution in [0.4, 0.5) is 0 Å².